The molecule has 1 heterocycles. The first-order valence-corrected chi connectivity index (χ1v) is 9.78. The van der Waals surface area contributed by atoms with Crippen LogP contribution in [0, 0.1) is 6.92 Å². The minimum atomic E-state index is -0.334. The Labute approximate surface area is 171 Å². The molecule has 2 aromatic carbocycles. The fourth-order valence-electron chi connectivity index (χ4n) is 3.06. The number of rotatable bonds is 6. The second kappa shape index (κ2) is 8.89. The number of amides is 1. The predicted molar refractivity (Wildman–Crippen MR) is 116 cm³/mol. The minimum absolute atomic E-state index is 0.167. The number of aryl methyl sites for hydroxylation is 1. The number of allylic oxidation sites excluding steroid dienone is 1. The standard InChI is InChI=1S/C22H25N3O2S/c1-4-13-27-18-11-7-16(8-12-18)20-19(15(3)23-22(28)25-20)21(26)24-17-9-5-14(2)6-10-17/h5-12,20H,4,13H2,1-3H3,(H,24,26)(H2,23,25,28)/t20-/m1/s1. The number of carbonyl (C=O) groups is 1. The molecule has 0 spiro atoms. The topological polar surface area (TPSA) is 62.4 Å². The number of nitrogens with one attached hydrogen (secondary N) is 3. The molecule has 1 atom stereocenters. The first-order valence-electron chi connectivity index (χ1n) is 9.37. The van der Waals surface area contributed by atoms with E-state index in [0.717, 1.165) is 34.7 Å². The zero-order valence-corrected chi connectivity index (χ0v) is 17.2. The number of ether oxygens (including phenoxy) is 1. The van der Waals surface area contributed by atoms with Crippen molar-refractivity contribution < 1.29 is 9.53 Å². The van der Waals surface area contributed by atoms with Gasteiger partial charge in [0, 0.05) is 11.4 Å². The highest BCUT2D eigenvalue weighted by Crippen LogP contribution is 2.29. The van der Waals surface area contributed by atoms with Gasteiger partial charge in [-0.25, -0.2) is 0 Å². The van der Waals surface area contributed by atoms with E-state index in [0.29, 0.717) is 17.3 Å². The van der Waals surface area contributed by atoms with Crippen LogP contribution in [0.1, 0.15) is 37.4 Å². The summed E-state index contributed by atoms with van der Waals surface area (Å²) in [6, 6.07) is 15.2. The van der Waals surface area contributed by atoms with Crippen molar-refractivity contribution in [3.8, 4) is 5.75 Å². The van der Waals surface area contributed by atoms with Crippen LogP contribution in [0.4, 0.5) is 5.69 Å². The third-order valence-corrected chi connectivity index (χ3v) is 4.73. The van der Waals surface area contributed by atoms with Gasteiger partial charge in [0.05, 0.1) is 18.2 Å². The average molecular weight is 396 g/mol. The molecule has 1 aliphatic rings. The largest absolute Gasteiger partial charge is 0.494 e. The number of thiocarbonyl (C=S) groups is 1. The Morgan fingerprint density at radius 2 is 1.79 bits per heavy atom. The van der Waals surface area contributed by atoms with Crippen molar-refractivity contribution in [2.45, 2.75) is 33.2 Å². The van der Waals surface area contributed by atoms with Gasteiger partial charge in [0.25, 0.3) is 5.91 Å². The Balaban J connectivity index is 1.85. The van der Waals surface area contributed by atoms with Crippen molar-refractivity contribution in [1.82, 2.24) is 10.6 Å². The molecule has 3 rings (SSSR count). The van der Waals surface area contributed by atoms with Gasteiger partial charge in [-0.2, -0.15) is 0 Å². The van der Waals surface area contributed by atoms with Crippen LogP contribution in [0.3, 0.4) is 0 Å². The van der Waals surface area contributed by atoms with Crippen molar-refractivity contribution in [2.24, 2.45) is 0 Å². The lowest BCUT2D eigenvalue weighted by atomic mass is 9.95. The fraction of sp³-hybridized carbons (Fsp3) is 0.273. The van der Waals surface area contributed by atoms with Crippen molar-refractivity contribution in [3.05, 3.63) is 70.9 Å². The smallest absolute Gasteiger partial charge is 0.255 e. The lowest BCUT2D eigenvalue weighted by Gasteiger charge is -2.30. The lowest BCUT2D eigenvalue weighted by molar-refractivity contribution is -0.113. The molecule has 146 valence electrons. The SMILES string of the molecule is CCCOc1ccc([C@H]2NC(=S)NC(C)=C2C(=O)Nc2ccc(C)cc2)cc1. The normalized spacial score (nSPS) is 16.2. The molecule has 6 heteroatoms. The maximum absolute atomic E-state index is 13.0. The summed E-state index contributed by atoms with van der Waals surface area (Å²) in [6.07, 6.45) is 0.955. The molecule has 0 saturated heterocycles. The van der Waals surface area contributed by atoms with E-state index in [1.165, 1.54) is 0 Å². The van der Waals surface area contributed by atoms with E-state index in [2.05, 4.69) is 22.9 Å². The molecule has 3 N–H and O–H groups in total. The highest BCUT2D eigenvalue weighted by molar-refractivity contribution is 7.80. The molecule has 2 aromatic rings. The summed E-state index contributed by atoms with van der Waals surface area (Å²) >= 11 is 5.31. The average Bonchev–Trinajstić information content (AvgIpc) is 2.68. The molecule has 0 aliphatic carbocycles. The van der Waals surface area contributed by atoms with Crippen LogP contribution in [0.25, 0.3) is 0 Å². The summed E-state index contributed by atoms with van der Waals surface area (Å²) in [6.45, 7) is 6.63. The van der Waals surface area contributed by atoms with Crippen LogP contribution in [0.5, 0.6) is 5.75 Å². The number of hydrogen-bond donors (Lipinski definition) is 3. The third-order valence-electron chi connectivity index (χ3n) is 4.51. The predicted octanol–water partition coefficient (Wildman–Crippen LogP) is 4.22. The minimum Gasteiger partial charge on any atom is -0.494 e. The maximum Gasteiger partial charge on any atom is 0.255 e. The zero-order chi connectivity index (χ0) is 20.1. The van der Waals surface area contributed by atoms with Gasteiger partial charge in [0.15, 0.2) is 5.11 Å². The molecule has 28 heavy (non-hydrogen) atoms. The Morgan fingerprint density at radius 3 is 2.43 bits per heavy atom. The van der Waals surface area contributed by atoms with Gasteiger partial charge in [-0.1, -0.05) is 36.8 Å². The van der Waals surface area contributed by atoms with E-state index >= 15 is 0 Å². The maximum atomic E-state index is 13.0. The van der Waals surface area contributed by atoms with E-state index in [1.807, 2.05) is 62.4 Å². The monoisotopic (exact) mass is 395 g/mol. The second-order valence-electron chi connectivity index (χ2n) is 6.81. The molecule has 0 unspecified atom stereocenters. The first-order chi connectivity index (χ1) is 13.5. The van der Waals surface area contributed by atoms with Crippen LogP contribution in [0.15, 0.2) is 59.8 Å². The molecular weight excluding hydrogens is 370 g/mol. The van der Waals surface area contributed by atoms with Gasteiger partial charge in [-0.05, 0) is 62.3 Å². The Kier molecular flexibility index (Phi) is 6.31. The van der Waals surface area contributed by atoms with E-state index < -0.39 is 0 Å². The fourth-order valence-corrected chi connectivity index (χ4v) is 3.33. The molecular formula is C22H25N3O2S. The van der Waals surface area contributed by atoms with Crippen LogP contribution < -0.4 is 20.7 Å². The molecule has 5 nitrogen and oxygen atoms in total. The summed E-state index contributed by atoms with van der Waals surface area (Å²) in [4.78, 5) is 13.0. The number of hydrogen-bond acceptors (Lipinski definition) is 3. The molecule has 0 radical (unpaired) electrons. The van der Waals surface area contributed by atoms with Crippen LogP contribution >= 0.6 is 12.2 Å². The quantitative estimate of drug-likeness (QED) is 0.640. The van der Waals surface area contributed by atoms with E-state index in [1.54, 1.807) is 0 Å². The zero-order valence-electron chi connectivity index (χ0n) is 16.3. The first kappa shape index (κ1) is 19.9. The van der Waals surface area contributed by atoms with Crippen molar-refractivity contribution in [2.75, 3.05) is 11.9 Å². The van der Waals surface area contributed by atoms with Gasteiger partial charge in [0.1, 0.15) is 5.75 Å². The molecule has 0 saturated carbocycles. The summed E-state index contributed by atoms with van der Waals surface area (Å²) in [5, 5.41) is 9.75. The van der Waals surface area contributed by atoms with Crippen LogP contribution in [0.2, 0.25) is 0 Å². The highest BCUT2D eigenvalue weighted by Gasteiger charge is 2.29. The van der Waals surface area contributed by atoms with Crippen molar-refractivity contribution in [3.63, 3.8) is 0 Å². The number of anilines is 1. The van der Waals surface area contributed by atoms with E-state index in [9.17, 15) is 4.79 Å². The van der Waals surface area contributed by atoms with E-state index in [-0.39, 0.29) is 11.9 Å². The summed E-state index contributed by atoms with van der Waals surface area (Å²) in [7, 11) is 0. The van der Waals surface area contributed by atoms with Gasteiger partial charge in [-0.15, -0.1) is 0 Å². The summed E-state index contributed by atoms with van der Waals surface area (Å²) in [5.74, 6) is 0.647. The Morgan fingerprint density at radius 1 is 1.11 bits per heavy atom. The van der Waals surface area contributed by atoms with E-state index in [4.69, 9.17) is 17.0 Å². The van der Waals surface area contributed by atoms with Crippen molar-refractivity contribution in [1.29, 1.82) is 0 Å². The molecule has 0 fully saturated rings. The van der Waals surface area contributed by atoms with Crippen LogP contribution in [-0.2, 0) is 4.79 Å². The van der Waals surface area contributed by atoms with Gasteiger partial charge in [0.2, 0.25) is 0 Å². The summed E-state index contributed by atoms with van der Waals surface area (Å²) in [5.41, 5.74) is 4.19. The highest BCUT2D eigenvalue weighted by atomic mass is 32.1. The van der Waals surface area contributed by atoms with Crippen LogP contribution in [-0.4, -0.2) is 17.6 Å². The Hall–Kier alpha value is -2.86. The van der Waals surface area contributed by atoms with Gasteiger partial charge < -0.3 is 20.7 Å². The third kappa shape index (κ3) is 4.70. The second-order valence-corrected chi connectivity index (χ2v) is 7.22. The Bertz CT molecular complexity index is 889. The molecule has 1 aliphatic heterocycles. The number of carbonyl (C=O) groups excluding carboxylic acids is 1. The summed E-state index contributed by atoms with van der Waals surface area (Å²) < 4.78 is 5.65. The van der Waals surface area contributed by atoms with Gasteiger partial charge >= 0.3 is 0 Å². The number of benzene rings is 2. The van der Waals surface area contributed by atoms with Gasteiger partial charge in [-0.3, -0.25) is 4.79 Å². The molecule has 0 bridgehead atoms. The van der Waals surface area contributed by atoms with Crippen molar-refractivity contribution >= 4 is 28.9 Å². The lowest BCUT2D eigenvalue weighted by Crippen LogP contribution is -2.45. The molecule has 0 aromatic heterocycles. The molecule has 1 amide bonds.